The zero-order valence-corrected chi connectivity index (χ0v) is 21.0. The van der Waals surface area contributed by atoms with E-state index in [1.165, 1.54) is 24.8 Å². The molecule has 0 bridgehead atoms. The van der Waals surface area contributed by atoms with Gasteiger partial charge in [-0.3, -0.25) is 9.80 Å². The van der Waals surface area contributed by atoms with Gasteiger partial charge in [-0.2, -0.15) is 0 Å². The lowest BCUT2D eigenvalue weighted by Crippen LogP contribution is -2.57. The fourth-order valence-electron chi connectivity index (χ4n) is 6.26. The number of benzene rings is 1. The van der Waals surface area contributed by atoms with E-state index in [4.69, 9.17) is 0 Å². The number of nitrogens with zero attached hydrogens (tertiary/aromatic N) is 5. The molecule has 1 saturated heterocycles. The smallest absolute Gasteiger partial charge is 0.188 e. The summed E-state index contributed by atoms with van der Waals surface area (Å²) in [4.78, 5) is 15.9. The number of aliphatic hydroxyl groups excluding tert-OH is 1. The molecule has 3 fully saturated rings. The topological polar surface area (TPSA) is 55.7 Å². The third-order valence-electron chi connectivity index (χ3n) is 8.62. The largest absolute Gasteiger partial charge is 0.361 e. The van der Waals surface area contributed by atoms with E-state index >= 15 is 0 Å². The first kappa shape index (κ1) is 23.1. The van der Waals surface area contributed by atoms with Crippen LogP contribution in [-0.2, 0) is 5.54 Å². The zero-order chi connectivity index (χ0) is 23.1. The van der Waals surface area contributed by atoms with E-state index in [-0.39, 0.29) is 11.1 Å². The molecule has 2 saturated carbocycles. The highest BCUT2D eigenvalue weighted by Crippen LogP contribution is 2.50. The van der Waals surface area contributed by atoms with Crippen LogP contribution in [0.2, 0.25) is 0 Å². The lowest BCUT2D eigenvalue weighted by atomic mass is 9.68. The molecule has 1 N–H and O–H groups in total. The van der Waals surface area contributed by atoms with Crippen LogP contribution in [0.5, 0.6) is 0 Å². The molecule has 2 aromatic rings. The van der Waals surface area contributed by atoms with E-state index < -0.39 is 6.35 Å². The molecule has 6 nitrogen and oxygen atoms in total. The number of thioether (sulfide) groups is 1. The van der Waals surface area contributed by atoms with Crippen LogP contribution in [0.25, 0.3) is 0 Å². The van der Waals surface area contributed by atoms with Gasteiger partial charge in [-0.25, -0.2) is 9.97 Å². The second kappa shape index (κ2) is 9.17. The van der Waals surface area contributed by atoms with Crippen molar-refractivity contribution in [2.24, 2.45) is 5.92 Å². The Morgan fingerprint density at radius 3 is 2.42 bits per heavy atom. The molecule has 2 heterocycles. The van der Waals surface area contributed by atoms with Crippen LogP contribution >= 0.6 is 11.8 Å². The maximum absolute atomic E-state index is 11.6. The van der Waals surface area contributed by atoms with Crippen molar-refractivity contribution in [3.63, 3.8) is 0 Å². The number of aromatic nitrogens is 2. The molecule has 33 heavy (non-hydrogen) atoms. The van der Waals surface area contributed by atoms with Gasteiger partial charge in [0.1, 0.15) is 17.2 Å². The van der Waals surface area contributed by atoms with Crippen molar-refractivity contribution >= 4 is 17.6 Å². The molecule has 1 aliphatic heterocycles. The molecule has 3 aliphatic rings. The molecule has 7 heteroatoms. The van der Waals surface area contributed by atoms with E-state index in [0.717, 1.165) is 49.6 Å². The number of hydrogen-bond donors (Lipinski definition) is 1. The second-order valence-corrected chi connectivity index (χ2v) is 11.2. The molecule has 1 aromatic carbocycles. The van der Waals surface area contributed by atoms with Crippen molar-refractivity contribution in [1.82, 2.24) is 19.8 Å². The lowest BCUT2D eigenvalue weighted by molar-refractivity contribution is -0.0661. The van der Waals surface area contributed by atoms with Crippen molar-refractivity contribution < 1.29 is 5.11 Å². The maximum atomic E-state index is 11.6. The molecule has 178 valence electrons. The molecule has 0 radical (unpaired) electrons. The molecular weight excluding hydrogens is 430 g/mol. The summed E-state index contributed by atoms with van der Waals surface area (Å²) >= 11 is 1.62. The second-order valence-electron chi connectivity index (χ2n) is 10.4. The Morgan fingerprint density at radius 1 is 1.09 bits per heavy atom. The van der Waals surface area contributed by atoms with E-state index in [2.05, 4.69) is 69.1 Å². The van der Waals surface area contributed by atoms with Gasteiger partial charge in [-0.05, 0) is 70.4 Å². The lowest BCUT2D eigenvalue weighted by Gasteiger charge is -2.52. The first-order valence-electron chi connectivity index (χ1n) is 12.3. The third kappa shape index (κ3) is 4.07. The van der Waals surface area contributed by atoms with Gasteiger partial charge in [0.05, 0.1) is 0 Å². The number of aliphatic hydroxyl groups is 1. The van der Waals surface area contributed by atoms with Gasteiger partial charge in [-0.15, -0.1) is 11.8 Å². The van der Waals surface area contributed by atoms with E-state index in [9.17, 15) is 5.11 Å². The van der Waals surface area contributed by atoms with Gasteiger partial charge in [0, 0.05) is 30.2 Å². The Bertz CT molecular complexity index is 943. The van der Waals surface area contributed by atoms with Crippen LogP contribution in [0.15, 0.2) is 47.8 Å². The van der Waals surface area contributed by atoms with Gasteiger partial charge in [0.25, 0.3) is 0 Å². The summed E-state index contributed by atoms with van der Waals surface area (Å²) in [5.41, 5.74) is 1.44. The first-order valence-corrected chi connectivity index (χ1v) is 13.5. The number of hydrogen-bond acceptors (Lipinski definition) is 7. The molecule has 1 spiro atoms. The fourth-order valence-corrected chi connectivity index (χ4v) is 6.63. The van der Waals surface area contributed by atoms with Crippen molar-refractivity contribution in [2.75, 3.05) is 38.3 Å². The summed E-state index contributed by atoms with van der Waals surface area (Å²) in [5, 5.41) is 12.5. The maximum Gasteiger partial charge on any atom is 0.188 e. The van der Waals surface area contributed by atoms with Gasteiger partial charge >= 0.3 is 0 Å². The molecule has 2 aliphatic carbocycles. The van der Waals surface area contributed by atoms with E-state index in [0.29, 0.717) is 5.92 Å². The Kier molecular flexibility index (Phi) is 6.42. The Balaban J connectivity index is 1.44. The van der Waals surface area contributed by atoms with Gasteiger partial charge in [-0.1, -0.05) is 36.8 Å². The number of rotatable bonds is 6. The minimum absolute atomic E-state index is 0.0201. The molecule has 1 aromatic heterocycles. The number of anilines is 1. The monoisotopic (exact) mass is 467 g/mol. The minimum atomic E-state index is -0.626. The Hall–Kier alpha value is -1.67. The van der Waals surface area contributed by atoms with Crippen LogP contribution < -0.4 is 4.90 Å². The average Bonchev–Trinajstić information content (AvgIpc) is 3.08. The van der Waals surface area contributed by atoms with Crippen LogP contribution in [0.4, 0.5) is 5.82 Å². The normalized spacial score (nSPS) is 30.8. The Labute approximate surface area is 202 Å². The van der Waals surface area contributed by atoms with Crippen LogP contribution in [0, 0.1) is 5.92 Å². The summed E-state index contributed by atoms with van der Waals surface area (Å²) in [6.07, 6.45) is 11.2. The zero-order valence-electron chi connectivity index (χ0n) is 20.2. The summed E-state index contributed by atoms with van der Waals surface area (Å²) in [6.45, 7) is 1.81. The summed E-state index contributed by atoms with van der Waals surface area (Å²) < 4.78 is 0. The quantitative estimate of drug-likeness (QED) is 0.505. The fraction of sp³-hybridized carbons (Fsp3) is 0.615. The van der Waals surface area contributed by atoms with Crippen LogP contribution in [0.3, 0.4) is 0 Å². The predicted octanol–water partition coefficient (Wildman–Crippen LogP) is 4.17. The van der Waals surface area contributed by atoms with Crippen molar-refractivity contribution in [3.8, 4) is 0 Å². The van der Waals surface area contributed by atoms with E-state index in [1.54, 1.807) is 18.1 Å². The Morgan fingerprint density at radius 2 is 1.82 bits per heavy atom. The van der Waals surface area contributed by atoms with Crippen LogP contribution in [-0.4, -0.2) is 70.2 Å². The molecule has 1 unspecified atom stereocenters. The highest BCUT2D eigenvalue weighted by atomic mass is 32.2. The summed E-state index contributed by atoms with van der Waals surface area (Å²) in [6, 6.07) is 13.0. The summed E-state index contributed by atoms with van der Waals surface area (Å²) in [5.74, 6) is 1.54. The van der Waals surface area contributed by atoms with Crippen LogP contribution in [0.1, 0.15) is 50.5 Å². The van der Waals surface area contributed by atoms with Crippen molar-refractivity contribution in [1.29, 1.82) is 0 Å². The standard InChI is InChI=1S/C26H37N5OS/c1-29(2)26(21-10-5-4-6-11-21)14-12-25(13-15-26)18-30(22-16-23(33-3)28-19-27-22)24(32)31(25)17-20-8-7-9-20/h4-6,10-11,16,19-20,24,32H,7-9,12-15,17-18H2,1-3H3. The minimum Gasteiger partial charge on any atom is -0.361 e. The van der Waals surface area contributed by atoms with Gasteiger partial charge in [0.2, 0.25) is 0 Å². The highest BCUT2D eigenvalue weighted by Gasteiger charge is 2.55. The molecule has 0 amide bonds. The third-order valence-corrected chi connectivity index (χ3v) is 9.26. The first-order chi connectivity index (χ1) is 16.0. The summed E-state index contributed by atoms with van der Waals surface area (Å²) in [7, 11) is 4.44. The van der Waals surface area contributed by atoms with Gasteiger partial charge in [0.15, 0.2) is 6.35 Å². The van der Waals surface area contributed by atoms with Crippen molar-refractivity contribution in [3.05, 3.63) is 48.3 Å². The van der Waals surface area contributed by atoms with E-state index in [1.807, 2.05) is 12.3 Å². The van der Waals surface area contributed by atoms with Crippen molar-refractivity contribution in [2.45, 2.75) is 67.4 Å². The predicted molar refractivity (Wildman–Crippen MR) is 134 cm³/mol. The average molecular weight is 468 g/mol. The van der Waals surface area contributed by atoms with Gasteiger partial charge < -0.3 is 10.0 Å². The molecule has 5 rings (SSSR count). The molecule has 1 atom stereocenters. The molecular formula is C26H37N5OS. The highest BCUT2D eigenvalue weighted by molar-refractivity contribution is 7.98. The SMILES string of the molecule is CSc1cc(N2CC3(CCC(c4ccccc4)(N(C)C)CC3)N(CC3CCC3)C2O)ncn1.